The van der Waals surface area contributed by atoms with Crippen molar-refractivity contribution < 1.29 is 18.7 Å². The predicted octanol–water partition coefficient (Wildman–Crippen LogP) is 7.29. The summed E-state index contributed by atoms with van der Waals surface area (Å²) in [7, 11) is 1.59. The van der Waals surface area contributed by atoms with Crippen molar-refractivity contribution in [3.63, 3.8) is 0 Å². The third-order valence-corrected chi connectivity index (χ3v) is 6.35. The monoisotopic (exact) mass is 491 g/mol. The molecule has 0 amide bonds. The summed E-state index contributed by atoms with van der Waals surface area (Å²) in [5, 5.41) is 2.52. The molecule has 0 spiro atoms. The van der Waals surface area contributed by atoms with Gasteiger partial charge in [0.05, 0.1) is 22.7 Å². The number of benzene rings is 3. The topological polar surface area (TPSA) is 61.6 Å². The van der Waals surface area contributed by atoms with Crippen LogP contribution in [0.3, 0.4) is 0 Å². The first kappa shape index (κ1) is 22.3. The number of methoxy groups -OCH3 is 1. The number of para-hydroxylation sites is 1. The number of nitrogens with zero attached hydrogens (tertiary/aromatic N) is 1. The summed E-state index contributed by atoms with van der Waals surface area (Å²) in [5.41, 5.74) is 3.24. The summed E-state index contributed by atoms with van der Waals surface area (Å²) in [5.74, 6) is -0.319. The molecule has 0 saturated carbocycles. The Labute approximate surface area is 205 Å². The lowest BCUT2D eigenvalue weighted by Crippen LogP contribution is -2.15. The molecule has 1 atom stereocenters. The Morgan fingerprint density at radius 1 is 0.971 bits per heavy atom. The molecule has 5 nitrogen and oxygen atoms in total. The maximum atomic E-state index is 12.8. The molecule has 0 N–H and O–H groups in total. The minimum Gasteiger partial charge on any atom is -0.493 e. The van der Waals surface area contributed by atoms with Gasteiger partial charge in [-0.15, -0.1) is 0 Å². The van der Waals surface area contributed by atoms with Crippen LogP contribution in [-0.4, -0.2) is 24.7 Å². The van der Waals surface area contributed by atoms with Gasteiger partial charge in [-0.2, -0.15) is 0 Å². The minimum absolute atomic E-state index is 0.0120. The third kappa shape index (κ3) is 3.98. The van der Waals surface area contributed by atoms with Gasteiger partial charge in [0.1, 0.15) is 12.2 Å². The molecule has 0 saturated heterocycles. The van der Waals surface area contributed by atoms with Gasteiger partial charge in [-0.1, -0.05) is 65.7 Å². The fourth-order valence-corrected chi connectivity index (χ4v) is 4.81. The van der Waals surface area contributed by atoms with Crippen LogP contribution in [0.25, 0.3) is 21.9 Å². The zero-order chi connectivity index (χ0) is 23.7. The van der Waals surface area contributed by atoms with Gasteiger partial charge >= 0.3 is 5.97 Å². The van der Waals surface area contributed by atoms with Crippen molar-refractivity contribution in [3.05, 3.63) is 106 Å². The molecule has 2 aromatic heterocycles. The van der Waals surface area contributed by atoms with Crippen LogP contribution in [0.2, 0.25) is 10.0 Å². The molecule has 0 bridgehead atoms. The number of hydrogen-bond acceptors (Lipinski definition) is 5. The molecule has 5 aromatic rings. The van der Waals surface area contributed by atoms with Crippen molar-refractivity contribution in [2.45, 2.75) is 5.92 Å². The first-order chi connectivity index (χ1) is 16.6. The highest BCUT2D eigenvalue weighted by atomic mass is 35.5. The molecule has 0 aliphatic heterocycles. The van der Waals surface area contributed by atoms with E-state index in [-0.39, 0.29) is 6.61 Å². The van der Waals surface area contributed by atoms with Crippen LogP contribution in [0.1, 0.15) is 27.4 Å². The summed E-state index contributed by atoms with van der Waals surface area (Å²) >= 11 is 13.1. The Balaban J connectivity index is 1.69. The number of rotatable bonds is 6. The van der Waals surface area contributed by atoms with Crippen molar-refractivity contribution in [2.75, 3.05) is 13.7 Å². The Morgan fingerprint density at radius 2 is 1.68 bits per heavy atom. The number of ether oxygens (including phenoxy) is 2. The molecular formula is C27H19Cl2NO4. The summed E-state index contributed by atoms with van der Waals surface area (Å²) in [6.07, 6.45) is 3.06. The molecule has 3 aromatic carbocycles. The molecule has 2 heterocycles. The second-order valence-corrected chi connectivity index (χ2v) is 8.51. The highest BCUT2D eigenvalue weighted by molar-refractivity contribution is 6.36. The van der Waals surface area contributed by atoms with Crippen LogP contribution < -0.4 is 4.74 Å². The highest BCUT2D eigenvalue weighted by Gasteiger charge is 2.27. The summed E-state index contributed by atoms with van der Waals surface area (Å²) < 4.78 is 17.5. The Bertz CT molecular complexity index is 1480. The minimum atomic E-state index is -0.481. The van der Waals surface area contributed by atoms with Crippen LogP contribution in [-0.2, 0) is 4.74 Å². The van der Waals surface area contributed by atoms with Gasteiger partial charge < -0.3 is 13.9 Å². The number of furan rings is 1. The second-order valence-electron chi connectivity index (χ2n) is 7.69. The molecular weight excluding hydrogens is 473 g/mol. The average Bonchev–Trinajstić information content (AvgIpc) is 3.25. The zero-order valence-corrected chi connectivity index (χ0v) is 19.6. The van der Waals surface area contributed by atoms with E-state index in [9.17, 15) is 4.79 Å². The lowest BCUT2D eigenvalue weighted by atomic mass is 9.89. The molecule has 0 aliphatic rings. The Morgan fingerprint density at radius 3 is 2.41 bits per heavy atom. The largest absolute Gasteiger partial charge is 0.493 e. The van der Waals surface area contributed by atoms with Gasteiger partial charge in [0.25, 0.3) is 0 Å². The van der Waals surface area contributed by atoms with Gasteiger partial charge in [0.15, 0.2) is 11.3 Å². The molecule has 5 rings (SSSR count). The molecule has 1 unspecified atom stereocenters. The number of hydrogen-bond donors (Lipinski definition) is 0. The average molecular weight is 492 g/mol. The molecule has 34 heavy (non-hydrogen) atoms. The molecule has 0 aliphatic carbocycles. The summed E-state index contributed by atoms with van der Waals surface area (Å²) in [4.78, 5) is 16.9. The van der Waals surface area contributed by atoms with Crippen molar-refractivity contribution in [3.8, 4) is 5.75 Å². The van der Waals surface area contributed by atoms with E-state index in [2.05, 4.69) is 4.98 Å². The van der Waals surface area contributed by atoms with Gasteiger partial charge in [-0.05, 0) is 29.8 Å². The third-order valence-electron chi connectivity index (χ3n) is 5.75. The number of aromatic nitrogens is 1. The smallest absolute Gasteiger partial charge is 0.338 e. The number of fused-ring (bicyclic) bond motifs is 3. The van der Waals surface area contributed by atoms with E-state index in [1.54, 1.807) is 31.4 Å². The van der Waals surface area contributed by atoms with Crippen LogP contribution in [0.5, 0.6) is 5.75 Å². The first-order valence-corrected chi connectivity index (χ1v) is 11.3. The number of halogens is 2. The number of carbonyl (C=O) groups excluding carboxylic acids is 1. The summed E-state index contributed by atoms with van der Waals surface area (Å²) in [6.45, 7) is 0.0120. The molecule has 0 radical (unpaired) electrons. The molecule has 7 heteroatoms. The predicted molar refractivity (Wildman–Crippen MR) is 133 cm³/mol. The lowest BCUT2D eigenvalue weighted by Gasteiger charge is -2.21. The maximum Gasteiger partial charge on any atom is 0.338 e. The van der Waals surface area contributed by atoms with E-state index in [1.165, 1.54) is 12.4 Å². The molecule has 0 fully saturated rings. The van der Waals surface area contributed by atoms with Crippen LogP contribution in [0, 0.1) is 0 Å². The van der Waals surface area contributed by atoms with E-state index in [0.29, 0.717) is 32.5 Å². The Hall–Kier alpha value is -3.54. The van der Waals surface area contributed by atoms with Crippen LogP contribution >= 0.6 is 23.2 Å². The van der Waals surface area contributed by atoms with Crippen molar-refractivity contribution in [1.82, 2.24) is 4.98 Å². The zero-order valence-electron chi connectivity index (χ0n) is 18.1. The number of pyridine rings is 1. The lowest BCUT2D eigenvalue weighted by molar-refractivity contribution is 0.0492. The van der Waals surface area contributed by atoms with Gasteiger partial charge in [-0.25, -0.2) is 4.79 Å². The van der Waals surface area contributed by atoms with Crippen molar-refractivity contribution in [2.24, 2.45) is 0 Å². The number of esters is 1. The second kappa shape index (κ2) is 9.37. The van der Waals surface area contributed by atoms with Crippen molar-refractivity contribution in [1.29, 1.82) is 0 Å². The van der Waals surface area contributed by atoms with Crippen molar-refractivity contribution >= 4 is 51.1 Å². The SMILES string of the molecule is COc1ccc(C(COC(=O)c2ccccc2)c2c(Cl)cncc2Cl)c2c1oc1ccccc12. The van der Waals surface area contributed by atoms with Gasteiger partial charge in [0.2, 0.25) is 0 Å². The van der Waals surface area contributed by atoms with E-state index in [0.717, 1.165) is 21.9 Å². The fraction of sp³-hybridized carbons (Fsp3) is 0.111. The number of carbonyl (C=O) groups is 1. The van der Waals surface area contributed by atoms with Gasteiger partial charge in [-0.3, -0.25) is 4.98 Å². The van der Waals surface area contributed by atoms with Gasteiger partial charge in [0, 0.05) is 34.6 Å². The van der Waals surface area contributed by atoms with Crippen LogP contribution in [0.4, 0.5) is 0 Å². The standard InChI is InChI=1S/C27H19Cl2NO4/c1-32-23-12-11-17(24-18-9-5-6-10-22(18)34-26(23)24)19(25-20(28)13-30-14-21(25)29)15-33-27(31)16-7-3-2-4-8-16/h2-14,19H,15H2,1H3. The summed E-state index contributed by atoms with van der Waals surface area (Å²) in [6, 6.07) is 20.3. The van der Waals surface area contributed by atoms with E-state index >= 15 is 0 Å². The Kier molecular flexibility index (Phi) is 6.14. The van der Waals surface area contributed by atoms with Crippen LogP contribution in [0.15, 0.2) is 83.5 Å². The molecule has 170 valence electrons. The van der Waals surface area contributed by atoms with E-state index in [1.807, 2.05) is 42.5 Å². The first-order valence-electron chi connectivity index (χ1n) is 10.6. The van der Waals surface area contributed by atoms with E-state index in [4.69, 9.17) is 37.1 Å². The maximum absolute atomic E-state index is 12.8. The quantitative estimate of drug-likeness (QED) is 0.233. The highest BCUT2D eigenvalue weighted by Crippen LogP contribution is 2.44. The van der Waals surface area contributed by atoms with E-state index < -0.39 is 11.9 Å². The normalized spacial score (nSPS) is 12.1. The fourth-order valence-electron chi connectivity index (χ4n) is 4.18.